The highest BCUT2D eigenvalue weighted by Crippen LogP contribution is 2.29. The lowest BCUT2D eigenvalue weighted by atomic mass is 9.97. The van der Waals surface area contributed by atoms with Crippen molar-refractivity contribution in [1.82, 2.24) is 19.9 Å². The van der Waals surface area contributed by atoms with Crippen LogP contribution in [-0.2, 0) is 0 Å². The molecule has 0 unspecified atom stereocenters. The fourth-order valence-corrected chi connectivity index (χ4v) is 4.36. The number of hydrogen-bond donors (Lipinski definition) is 1. The van der Waals surface area contributed by atoms with E-state index in [0.29, 0.717) is 17.8 Å². The summed E-state index contributed by atoms with van der Waals surface area (Å²) in [5.41, 5.74) is 1.37. The van der Waals surface area contributed by atoms with Gasteiger partial charge in [-0.1, -0.05) is 17.3 Å². The fourth-order valence-electron chi connectivity index (χ4n) is 4.36. The minimum atomic E-state index is -0.571. The number of nitrogens with zero attached hydrogens (tertiary/aromatic N) is 5. The number of rotatable bonds is 4. The van der Waals surface area contributed by atoms with Gasteiger partial charge in [-0.3, -0.25) is 0 Å². The number of anilines is 1. The second-order valence-electron chi connectivity index (χ2n) is 7.74. The Labute approximate surface area is 159 Å². The fraction of sp³-hybridized carbons (Fsp3) is 0.600. The van der Waals surface area contributed by atoms with Crippen molar-refractivity contribution in [3.05, 3.63) is 42.0 Å². The molecular weight excluding hydrogens is 345 g/mol. The molecule has 2 aliphatic rings. The molecule has 1 N–H and O–H groups in total. The number of halogens is 1. The maximum Gasteiger partial charge on any atom is 0.146 e. The Kier molecular flexibility index (Phi) is 5.41. The quantitative estimate of drug-likeness (QED) is 0.893. The van der Waals surface area contributed by atoms with Crippen LogP contribution in [0.15, 0.2) is 30.5 Å². The number of aliphatic hydroxyl groups excluding tert-OH is 1. The van der Waals surface area contributed by atoms with Crippen LogP contribution in [0.2, 0.25) is 0 Å². The smallest absolute Gasteiger partial charge is 0.146 e. The summed E-state index contributed by atoms with van der Waals surface area (Å²) in [5.74, 6) is -0.124. The molecule has 0 amide bonds. The highest BCUT2D eigenvalue weighted by Gasteiger charge is 2.29. The maximum absolute atomic E-state index is 14.0. The molecule has 2 saturated heterocycles. The van der Waals surface area contributed by atoms with Crippen molar-refractivity contribution >= 4 is 5.69 Å². The summed E-state index contributed by atoms with van der Waals surface area (Å²) >= 11 is 0. The van der Waals surface area contributed by atoms with Gasteiger partial charge in [-0.2, -0.15) is 0 Å². The molecule has 2 aliphatic heterocycles. The molecule has 0 radical (unpaired) electrons. The Bertz CT molecular complexity index is 748. The van der Waals surface area contributed by atoms with Crippen LogP contribution in [0.1, 0.15) is 50.4 Å². The first-order valence-electron chi connectivity index (χ1n) is 9.95. The van der Waals surface area contributed by atoms with Crippen LogP contribution < -0.4 is 4.90 Å². The van der Waals surface area contributed by atoms with Crippen molar-refractivity contribution in [1.29, 1.82) is 0 Å². The Morgan fingerprint density at radius 1 is 1.04 bits per heavy atom. The van der Waals surface area contributed by atoms with Crippen LogP contribution in [0.25, 0.3) is 0 Å². The van der Waals surface area contributed by atoms with Crippen LogP contribution in [0.5, 0.6) is 0 Å². The van der Waals surface area contributed by atoms with Crippen molar-refractivity contribution in [2.45, 2.75) is 50.8 Å². The average Bonchev–Trinajstić information content (AvgIpc) is 3.19. The summed E-state index contributed by atoms with van der Waals surface area (Å²) in [5, 5.41) is 17.9. The summed E-state index contributed by atoms with van der Waals surface area (Å²) in [7, 11) is 0. The molecule has 0 spiro atoms. The highest BCUT2D eigenvalue weighted by molar-refractivity contribution is 5.47. The van der Waals surface area contributed by atoms with E-state index >= 15 is 0 Å². The second-order valence-corrected chi connectivity index (χ2v) is 7.74. The van der Waals surface area contributed by atoms with Gasteiger partial charge in [0, 0.05) is 32.2 Å². The van der Waals surface area contributed by atoms with Gasteiger partial charge in [0.1, 0.15) is 11.5 Å². The summed E-state index contributed by atoms with van der Waals surface area (Å²) in [6.07, 6.45) is 5.56. The SMILES string of the molecule is C[C@@H](O)c1cn(C2CCN(C3CCN(c4ccccc4F)CC3)CC2)nn1. The largest absolute Gasteiger partial charge is 0.387 e. The zero-order valence-corrected chi connectivity index (χ0v) is 15.8. The van der Waals surface area contributed by atoms with Crippen molar-refractivity contribution in [2.75, 3.05) is 31.1 Å². The maximum atomic E-state index is 14.0. The first-order valence-corrected chi connectivity index (χ1v) is 9.95. The molecule has 7 heteroatoms. The molecule has 0 bridgehead atoms. The zero-order valence-electron chi connectivity index (χ0n) is 15.8. The number of para-hydroxylation sites is 1. The van der Waals surface area contributed by atoms with E-state index in [0.717, 1.165) is 57.5 Å². The van der Waals surface area contributed by atoms with Gasteiger partial charge in [-0.05, 0) is 44.7 Å². The van der Waals surface area contributed by atoms with Crippen LogP contribution in [0, 0.1) is 5.82 Å². The van der Waals surface area contributed by atoms with Gasteiger partial charge in [0.15, 0.2) is 0 Å². The minimum absolute atomic E-state index is 0.124. The monoisotopic (exact) mass is 373 g/mol. The summed E-state index contributed by atoms with van der Waals surface area (Å²) in [4.78, 5) is 4.76. The molecule has 1 atom stereocenters. The lowest BCUT2D eigenvalue weighted by Crippen LogP contribution is -2.48. The summed E-state index contributed by atoms with van der Waals surface area (Å²) < 4.78 is 15.9. The molecule has 4 rings (SSSR count). The third kappa shape index (κ3) is 3.99. The number of aliphatic hydroxyl groups is 1. The Balaban J connectivity index is 1.29. The van der Waals surface area contributed by atoms with E-state index in [1.54, 1.807) is 19.1 Å². The van der Waals surface area contributed by atoms with E-state index in [1.807, 2.05) is 23.0 Å². The lowest BCUT2D eigenvalue weighted by molar-refractivity contribution is 0.113. The molecular formula is C20H28FN5O. The summed E-state index contributed by atoms with van der Waals surface area (Å²) in [6, 6.07) is 8.01. The average molecular weight is 373 g/mol. The van der Waals surface area contributed by atoms with E-state index in [1.165, 1.54) is 0 Å². The standard InChI is InChI=1S/C20H28FN5O/c1-15(27)19-14-26(23-22-19)17-8-10-24(11-9-17)16-6-12-25(13-7-16)20-5-3-2-4-18(20)21/h2-5,14-17,27H,6-13H2,1H3/t15-/m1/s1. The normalized spacial score (nSPS) is 21.5. The zero-order chi connectivity index (χ0) is 18.8. The van der Waals surface area contributed by atoms with Gasteiger partial charge < -0.3 is 14.9 Å². The molecule has 0 saturated carbocycles. The third-order valence-corrected chi connectivity index (χ3v) is 6.00. The molecule has 1 aromatic heterocycles. The van der Waals surface area contributed by atoms with E-state index in [2.05, 4.69) is 20.1 Å². The first kappa shape index (κ1) is 18.4. The van der Waals surface area contributed by atoms with Gasteiger partial charge in [-0.25, -0.2) is 9.07 Å². The molecule has 2 aromatic rings. The molecule has 146 valence electrons. The van der Waals surface area contributed by atoms with Crippen LogP contribution >= 0.6 is 0 Å². The predicted molar refractivity (Wildman–Crippen MR) is 102 cm³/mol. The molecule has 1 aromatic carbocycles. The molecule has 2 fully saturated rings. The molecule has 27 heavy (non-hydrogen) atoms. The van der Waals surface area contributed by atoms with Crippen molar-refractivity contribution in [3.8, 4) is 0 Å². The van der Waals surface area contributed by atoms with Gasteiger partial charge >= 0.3 is 0 Å². The Hall–Kier alpha value is -1.99. The first-order chi connectivity index (χ1) is 13.1. The second kappa shape index (κ2) is 7.94. The Morgan fingerprint density at radius 3 is 2.33 bits per heavy atom. The van der Waals surface area contributed by atoms with Gasteiger partial charge in [-0.15, -0.1) is 5.10 Å². The molecule has 6 nitrogen and oxygen atoms in total. The van der Waals surface area contributed by atoms with E-state index in [9.17, 15) is 9.50 Å². The molecule has 0 aliphatic carbocycles. The lowest BCUT2D eigenvalue weighted by Gasteiger charge is -2.42. The predicted octanol–water partition coefficient (Wildman–Crippen LogP) is 2.78. The number of hydrogen-bond acceptors (Lipinski definition) is 5. The van der Waals surface area contributed by atoms with E-state index in [4.69, 9.17) is 0 Å². The van der Waals surface area contributed by atoms with Gasteiger partial charge in [0.2, 0.25) is 0 Å². The molecule has 3 heterocycles. The minimum Gasteiger partial charge on any atom is -0.387 e. The van der Waals surface area contributed by atoms with E-state index in [-0.39, 0.29) is 5.82 Å². The number of piperidine rings is 2. The Morgan fingerprint density at radius 2 is 1.70 bits per heavy atom. The van der Waals surface area contributed by atoms with Gasteiger partial charge in [0.25, 0.3) is 0 Å². The number of aromatic nitrogens is 3. The number of likely N-dealkylation sites (tertiary alicyclic amines) is 1. The van der Waals surface area contributed by atoms with E-state index < -0.39 is 6.10 Å². The third-order valence-electron chi connectivity index (χ3n) is 6.00. The van der Waals surface area contributed by atoms with Crippen molar-refractivity contribution in [3.63, 3.8) is 0 Å². The summed E-state index contributed by atoms with van der Waals surface area (Å²) in [6.45, 7) is 5.64. The van der Waals surface area contributed by atoms with Crippen LogP contribution in [0.3, 0.4) is 0 Å². The highest BCUT2D eigenvalue weighted by atomic mass is 19.1. The van der Waals surface area contributed by atoms with Crippen LogP contribution in [-0.4, -0.2) is 57.2 Å². The van der Waals surface area contributed by atoms with Crippen LogP contribution in [0.4, 0.5) is 10.1 Å². The van der Waals surface area contributed by atoms with Crippen molar-refractivity contribution < 1.29 is 9.50 Å². The van der Waals surface area contributed by atoms with Crippen molar-refractivity contribution in [2.24, 2.45) is 0 Å². The number of benzene rings is 1. The topological polar surface area (TPSA) is 57.4 Å². The van der Waals surface area contributed by atoms with Gasteiger partial charge in [0.05, 0.1) is 24.0 Å².